The van der Waals surface area contributed by atoms with Gasteiger partial charge in [-0.05, 0) is 37.5 Å². The third-order valence-electron chi connectivity index (χ3n) is 4.32. The normalized spacial score (nSPS) is 17.8. The van der Waals surface area contributed by atoms with E-state index in [1.807, 2.05) is 13.0 Å². The third kappa shape index (κ3) is 3.53. The number of halogens is 1. The van der Waals surface area contributed by atoms with Crippen LogP contribution in [0.15, 0.2) is 18.2 Å². The lowest BCUT2D eigenvalue weighted by Crippen LogP contribution is -2.41. The lowest BCUT2D eigenvalue weighted by molar-refractivity contribution is 0.0717. The van der Waals surface area contributed by atoms with Crippen LogP contribution in [0.3, 0.4) is 0 Å². The average Bonchev–Trinajstić information content (AvgIpc) is 2.48. The van der Waals surface area contributed by atoms with Gasteiger partial charge in [-0.1, -0.05) is 36.9 Å². The van der Waals surface area contributed by atoms with Gasteiger partial charge in [0.2, 0.25) is 0 Å². The van der Waals surface area contributed by atoms with Gasteiger partial charge in [-0.15, -0.1) is 0 Å². The molecule has 0 saturated heterocycles. The Labute approximate surface area is 125 Å². The monoisotopic (exact) mass is 295 g/mol. The molecule has 110 valence electrons. The molecule has 0 heterocycles. The van der Waals surface area contributed by atoms with Crippen molar-refractivity contribution in [2.45, 2.75) is 39.0 Å². The van der Waals surface area contributed by atoms with Gasteiger partial charge in [0.05, 0.1) is 6.61 Å². The number of hydrogen-bond donors (Lipinski definition) is 2. The summed E-state index contributed by atoms with van der Waals surface area (Å²) in [6.45, 7) is 2.57. The minimum Gasteiger partial charge on any atom is -0.396 e. The van der Waals surface area contributed by atoms with Crippen molar-refractivity contribution in [2.75, 3.05) is 13.2 Å². The summed E-state index contributed by atoms with van der Waals surface area (Å²) in [4.78, 5) is 12.3. The maximum absolute atomic E-state index is 12.3. The van der Waals surface area contributed by atoms with Crippen LogP contribution in [0.1, 0.15) is 48.0 Å². The fraction of sp³-hybridized carbons (Fsp3) is 0.562. The number of carbonyl (C=O) groups excluding carboxylic acids is 1. The lowest BCUT2D eigenvalue weighted by Gasteiger charge is -2.35. The van der Waals surface area contributed by atoms with Gasteiger partial charge >= 0.3 is 0 Å². The van der Waals surface area contributed by atoms with Crippen molar-refractivity contribution in [1.29, 1.82) is 0 Å². The van der Waals surface area contributed by atoms with Gasteiger partial charge in [-0.3, -0.25) is 4.79 Å². The van der Waals surface area contributed by atoms with Crippen LogP contribution >= 0.6 is 11.6 Å². The predicted molar refractivity (Wildman–Crippen MR) is 81.1 cm³/mol. The minimum absolute atomic E-state index is 0.108. The van der Waals surface area contributed by atoms with E-state index in [1.54, 1.807) is 12.1 Å². The highest BCUT2D eigenvalue weighted by Gasteiger charge is 2.31. The topological polar surface area (TPSA) is 49.3 Å². The Balaban J connectivity index is 2.02. The molecule has 4 heteroatoms. The number of amides is 1. The van der Waals surface area contributed by atoms with Crippen LogP contribution in [0.4, 0.5) is 0 Å². The van der Waals surface area contributed by atoms with E-state index in [0.717, 1.165) is 31.2 Å². The Bertz CT molecular complexity index is 481. The largest absolute Gasteiger partial charge is 0.396 e. The molecule has 0 aliphatic heterocycles. The van der Waals surface area contributed by atoms with E-state index >= 15 is 0 Å². The van der Waals surface area contributed by atoms with E-state index < -0.39 is 0 Å². The van der Waals surface area contributed by atoms with Gasteiger partial charge in [0, 0.05) is 22.5 Å². The number of nitrogens with one attached hydrogen (secondary N) is 1. The zero-order valence-corrected chi connectivity index (χ0v) is 12.7. The molecule has 0 bridgehead atoms. The maximum Gasteiger partial charge on any atom is 0.251 e. The third-order valence-corrected chi connectivity index (χ3v) is 4.55. The molecule has 2 N–H and O–H groups in total. The Morgan fingerprint density at radius 2 is 2.05 bits per heavy atom. The summed E-state index contributed by atoms with van der Waals surface area (Å²) in [6.07, 6.45) is 5.46. The second kappa shape index (κ2) is 6.59. The number of carbonyl (C=O) groups is 1. The van der Waals surface area contributed by atoms with Gasteiger partial charge in [0.25, 0.3) is 5.91 Å². The number of benzene rings is 1. The number of aliphatic hydroxyl groups excluding tert-OH is 1. The molecular formula is C16H22ClNO2. The SMILES string of the molecule is Cc1ccc(Cl)cc1C(=O)NCC1(CO)CCCCC1. The molecule has 0 radical (unpaired) electrons. The second-order valence-corrected chi connectivity index (χ2v) is 6.30. The van der Waals surface area contributed by atoms with Gasteiger partial charge in [0.15, 0.2) is 0 Å². The van der Waals surface area contributed by atoms with Gasteiger partial charge in [-0.2, -0.15) is 0 Å². The maximum atomic E-state index is 12.3. The van der Waals surface area contributed by atoms with Crippen LogP contribution in [-0.4, -0.2) is 24.2 Å². The van der Waals surface area contributed by atoms with Crippen molar-refractivity contribution in [3.05, 3.63) is 34.3 Å². The summed E-state index contributed by atoms with van der Waals surface area (Å²) in [5, 5.41) is 13.2. The van der Waals surface area contributed by atoms with Crippen LogP contribution in [0, 0.1) is 12.3 Å². The molecule has 0 spiro atoms. The molecule has 1 aliphatic carbocycles. The molecular weight excluding hydrogens is 274 g/mol. The van der Waals surface area contributed by atoms with Crippen molar-refractivity contribution in [3.63, 3.8) is 0 Å². The van der Waals surface area contributed by atoms with E-state index in [2.05, 4.69) is 5.32 Å². The smallest absolute Gasteiger partial charge is 0.251 e. The van der Waals surface area contributed by atoms with Crippen LogP contribution in [0.25, 0.3) is 0 Å². The standard InChI is InChI=1S/C16H22ClNO2/c1-12-5-6-13(17)9-14(12)15(20)18-10-16(11-19)7-3-2-4-8-16/h5-6,9,19H,2-4,7-8,10-11H2,1H3,(H,18,20). The molecule has 1 aliphatic rings. The molecule has 1 amide bonds. The van der Waals surface area contributed by atoms with Crippen molar-refractivity contribution >= 4 is 17.5 Å². The van der Waals surface area contributed by atoms with E-state index in [4.69, 9.17) is 11.6 Å². The van der Waals surface area contributed by atoms with Crippen LogP contribution in [0.2, 0.25) is 5.02 Å². The summed E-state index contributed by atoms with van der Waals surface area (Å²) in [6, 6.07) is 5.32. The molecule has 3 nitrogen and oxygen atoms in total. The quantitative estimate of drug-likeness (QED) is 0.895. The molecule has 1 fully saturated rings. The van der Waals surface area contributed by atoms with Crippen molar-refractivity contribution < 1.29 is 9.90 Å². The van der Waals surface area contributed by atoms with Crippen molar-refractivity contribution in [1.82, 2.24) is 5.32 Å². The summed E-state index contributed by atoms with van der Waals surface area (Å²) in [5.74, 6) is -0.108. The van der Waals surface area contributed by atoms with Crippen molar-refractivity contribution in [2.24, 2.45) is 5.41 Å². The average molecular weight is 296 g/mol. The molecule has 1 aromatic carbocycles. The van der Waals surface area contributed by atoms with Crippen molar-refractivity contribution in [3.8, 4) is 0 Å². The number of rotatable bonds is 4. The lowest BCUT2D eigenvalue weighted by atomic mass is 9.74. The second-order valence-electron chi connectivity index (χ2n) is 5.86. The molecule has 20 heavy (non-hydrogen) atoms. The Morgan fingerprint density at radius 3 is 2.70 bits per heavy atom. The van der Waals surface area contributed by atoms with Gasteiger partial charge in [0.1, 0.15) is 0 Å². The zero-order chi connectivity index (χ0) is 14.6. The van der Waals surface area contributed by atoms with E-state index in [-0.39, 0.29) is 17.9 Å². The Morgan fingerprint density at radius 1 is 1.35 bits per heavy atom. The molecule has 0 unspecified atom stereocenters. The highest BCUT2D eigenvalue weighted by molar-refractivity contribution is 6.31. The van der Waals surface area contributed by atoms with Gasteiger partial charge < -0.3 is 10.4 Å². The summed E-state index contributed by atoms with van der Waals surface area (Å²) < 4.78 is 0. The summed E-state index contributed by atoms with van der Waals surface area (Å²) in [5.41, 5.74) is 1.38. The highest BCUT2D eigenvalue weighted by atomic mass is 35.5. The Hall–Kier alpha value is -1.06. The Kier molecular flexibility index (Phi) is 5.06. The first-order valence-electron chi connectivity index (χ1n) is 7.22. The molecule has 0 atom stereocenters. The fourth-order valence-electron chi connectivity index (χ4n) is 2.89. The summed E-state index contributed by atoms with van der Waals surface area (Å²) in [7, 11) is 0. The molecule has 0 aromatic heterocycles. The van der Waals surface area contributed by atoms with Gasteiger partial charge in [-0.25, -0.2) is 0 Å². The molecule has 2 rings (SSSR count). The number of aryl methyl sites for hydroxylation is 1. The van der Waals surface area contributed by atoms with E-state index in [9.17, 15) is 9.90 Å². The first-order valence-corrected chi connectivity index (χ1v) is 7.59. The van der Waals surface area contributed by atoms with Crippen LogP contribution < -0.4 is 5.32 Å². The first kappa shape index (κ1) is 15.3. The predicted octanol–water partition coefficient (Wildman–Crippen LogP) is 3.32. The number of aliphatic hydroxyl groups is 1. The minimum atomic E-state index is -0.139. The number of hydrogen-bond acceptors (Lipinski definition) is 2. The molecule has 1 aromatic rings. The highest BCUT2D eigenvalue weighted by Crippen LogP contribution is 2.35. The van der Waals surface area contributed by atoms with Crippen LogP contribution in [0.5, 0.6) is 0 Å². The summed E-state index contributed by atoms with van der Waals surface area (Å²) >= 11 is 5.94. The molecule has 1 saturated carbocycles. The first-order chi connectivity index (χ1) is 9.56. The van der Waals surface area contributed by atoms with Crippen LogP contribution in [-0.2, 0) is 0 Å². The van der Waals surface area contributed by atoms with E-state index in [0.29, 0.717) is 17.1 Å². The fourth-order valence-corrected chi connectivity index (χ4v) is 3.07. The van der Waals surface area contributed by atoms with E-state index in [1.165, 1.54) is 6.42 Å². The zero-order valence-electron chi connectivity index (χ0n) is 11.9.